The summed E-state index contributed by atoms with van der Waals surface area (Å²) >= 11 is 0. The van der Waals surface area contributed by atoms with Gasteiger partial charge in [-0.25, -0.2) is 0 Å². The Morgan fingerprint density at radius 1 is 0.305 bits per heavy atom. The third-order valence-electron chi connectivity index (χ3n) is 13.3. The number of hydrogen-bond acceptors (Lipinski definition) is 1. The first kappa shape index (κ1) is 35.2. The largest absolute Gasteiger partial charge is 0.310 e. The minimum Gasteiger partial charge on any atom is -0.310 e. The van der Waals surface area contributed by atoms with Crippen molar-refractivity contribution in [1.29, 1.82) is 0 Å². The molecule has 0 spiro atoms. The van der Waals surface area contributed by atoms with Crippen LogP contribution in [0, 0.1) is 0 Å². The molecule has 9 aromatic carbocycles. The molecule has 0 unspecified atom stereocenters. The second-order valence-electron chi connectivity index (χ2n) is 17.3. The molecular formula is C58H45N. The van der Waals surface area contributed by atoms with Gasteiger partial charge < -0.3 is 4.90 Å². The van der Waals surface area contributed by atoms with Gasteiger partial charge in [0.15, 0.2) is 0 Å². The van der Waals surface area contributed by atoms with E-state index < -0.39 is 0 Å². The Morgan fingerprint density at radius 2 is 0.814 bits per heavy atom. The SMILES string of the molecule is CC1(C)c2ccccc2-c2ccc(-c3ccccc3N(c3ccc(-c4ccc5ccccc5c4)cc3)c3ccc(-c4cccc5c4C(C)(C)c4ccccc4-5)cc3)cc21. The maximum absolute atomic E-state index is 2.44. The molecule has 0 bridgehead atoms. The van der Waals surface area contributed by atoms with Gasteiger partial charge in [0.05, 0.1) is 5.69 Å². The van der Waals surface area contributed by atoms with Gasteiger partial charge in [0.2, 0.25) is 0 Å². The van der Waals surface area contributed by atoms with Crippen LogP contribution in [0.3, 0.4) is 0 Å². The number of benzene rings is 9. The molecule has 0 heterocycles. The summed E-state index contributed by atoms with van der Waals surface area (Å²) in [5, 5.41) is 2.51. The Bertz CT molecular complexity index is 3090. The quantitative estimate of drug-likeness (QED) is 0.163. The van der Waals surface area contributed by atoms with Crippen molar-refractivity contribution in [2.75, 3.05) is 4.90 Å². The summed E-state index contributed by atoms with van der Waals surface area (Å²) in [6.07, 6.45) is 0. The molecule has 282 valence electrons. The van der Waals surface area contributed by atoms with E-state index >= 15 is 0 Å². The zero-order valence-electron chi connectivity index (χ0n) is 34.0. The molecule has 0 aromatic heterocycles. The Balaban J connectivity index is 1.04. The summed E-state index contributed by atoms with van der Waals surface area (Å²) in [6, 6.07) is 74.3. The fourth-order valence-corrected chi connectivity index (χ4v) is 10.3. The lowest BCUT2D eigenvalue weighted by molar-refractivity contribution is 0.660. The summed E-state index contributed by atoms with van der Waals surface area (Å²) in [5.41, 5.74) is 21.5. The molecule has 0 saturated heterocycles. The standard InChI is InChI=1S/C58H45N/c1-57(2)52-21-10-7-17-48(52)50-35-30-43(37-54(50)57)46-16-9-12-23-55(46)59(44-31-26-39(27-32-44)42-25-24-38-14-5-6-15-41(38)36-42)45-33-28-40(29-34-45)47-19-13-20-51-49-18-8-11-22-53(49)58(3,4)56(47)51/h5-37H,1-4H3. The molecular weight excluding hydrogens is 711 g/mol. The molecule has 1 nitrogen and oxygen atoms in total. The molecule has 2 aliphatic carbocycles. The summed E-state index contributed by atoms with van der Waals surface area (Å²) in [4.78, 5) is 2.44. The van der Waals surface area contributed by atoms with Crippen molar-refractivity contribution in [3.05, 3.63) is 222 Å². The maximum atomic E-state index is 2.44. The molecule has 1 heteroatoms. The van der Waals surface area contributed by atoms with Gasteiger partial charge in [-0.05, 0) is 126 Å². The molecule has 0 aliphatic heterocycles. The predicted octanol–water partition coefficient (Wildman–Crippen LogP) is 15.9. The highest BCUT2D eigenvalue weighted by Gasteiger charge is 2.38. The summed E-state index contributed by atoms with van der Waals surface area (Å²) in [5.74, 6) is 0. The first-order valence-corrected chi connectivity index (χ1v) is 20.8. The van der Waals surface area contributed by atoms with E-state index in [0.717, 1.165) is 17.1 Å². The van der Waals surface area contributed by atoms with Gasteiger partial charge in [0.1, 0.15) is 0 Å². The van der Waals surface area contributed by atoms with E-state index in [-0.39, 0.29) is 10.8 Å². The zero-order valence-corrected chi connectivity index (χ0v) is 34.0. The van der Waals surface area contributed by atoms with Gasteiger partial charge in [-0.15, -0.1) is 0 Å². The van der Waals surface area contributed by atoms with Crippen molar-refractivity contribution in [2.45, 2.75) is 38.5 Å². The van der Waals surface area contributed by atoms with Crippen LogP contribution < -0.4 is 4.90 Å². The molecule has 0 fully saturated rings. The first-order valence-electron chi connectivity index (χ1n) is 20.8. The Morgan fingerprint density at radius 3 is 1.54 bits per heavy atom. The van der Waals surface area contributed by atoms with Gasteiger partial charge in [0.25, 0.3) is 0 Å². The molecule has 0 amide bonds. The van der Waals surface area contributed by atoms with Gasteiger partial charge >= 0.3 is 0 Å². The Hall–Kier alpha value is -6.96. The number of nitrogens with zero attached hydrogens (tertiary/aromatic N) is 1. The molecule has 0 atom stereocenters. The van der Waals surface area contributed by atoms with E-state index in [1.165, 1.54) is 88.7 Å². The molecule has 59 heavy (non-hydrogen) atoms. The Labute approximate surface area is 347 Å². The van der Waals surface area contributed by atoms with Crippen LogP contribution in [0.25, 0.3) is 66.4 Å². The average Bonchev–Trinajstić information content (AvgIpc) is 3.66. The highest BCUT2D eigenvalue weighted by Crippen LogP contribution is 2.53. The maximum Gasteiger partial charge on any atom is 0.0540 e. The van der Waals surface area contributed by atoms with Crippen LogP contribution >= 0.6 is 0 Å². The van der Waals surface area contributed by atoms with Gasteiger partial charge in [-0.1, -0.05) is 185 Å². The number of para-hydroxylation sites is 1. The van der Waals surface area contributed by atoms with Crippen molar-refractivity contribution in [3.8, 4) is 55.6 Å². The van der Waals surface area contributed by atoms with Crippen molar-refractivity contribution >= 4 is 27.8 Å². The number of fused-ring (bicyclic) bond motifs is 7. The molecule has 2 aliphatic rings. The Kier molecular flexibility index (Phi) is 7.94. The van der Waals surface area contributed by atoms with Crippen LogP contribution in [0.15, 0.2) is 200 Å². The van der Waals surface area contributed by atoms with E-state index in [4.69, 9.17) is 0 Å². The second-order valence-corrected chi connectivity index (χ2v) is 17.3. The normalized spacial score (nSPS) is 14.0. The smallest absolute Gasteiger partial charge is 0.0540 e. The van der Waals surface area contributed by atoms with Crippen LogP contribution in [0.4, 0.5) is 17.1 Å². The van der Waals surface area contributed by atoms with Crippen LogP contribution in [0.1, 0.15) is 49.9 Å². The number of rotatable bonds is 6. The van der Waals surface area contributed by atoms with Gasteiger partial charge in [-0.3, -0.25) is 0 Å². The minimum atomic E-state index is -0.0925. The van der Waals surface area contributed by atoms with Crippen LogP contribution in [0.2, 0.25) is 0 Å². The third-order valence-corrected chi connectivity index (χ3v) is 13.3. The molecule has 0 saturated carbocycles. The van der Waals surface area contributed by atoms with Gasteiger partial charge in [0, 0.05) is 27.8 Å². The summed E-state index contributed by atoms with van der Waals surface area (Å²) in [7, 11) is 0. The highest BCUT2D eigenvalue weighted by molar-refractivity contribution is 5.93. The summed E-state index contributed by atoms with van der Waals surface area (Å²) < 4.78 is 0. The molecule has 11 rings (SSSR count). The van der Waals surface area contributed by atoms with E-state index in [2.05, 4.69) is 233 Å². The van der Waals surface area contributed by atoms with Crippen molar-refractivity contribution in [3.63, 3.8) is 0 Å². The average molecular weight is 756 g/mol. The van der Waals surface area contributed by atoms with E-state index in [1.807, 2.05) is 0 Å². The third kappa shape index (κ3) is 5.53. The topological polar surface area (TPSA) is 3.24 Å². The van der Waals surface area contributed by atoms with E-state index in [1.54, 1.807) is 0 Å². The van der Waals surface area contributed by atoms with Crippen molar-refractivity contribution in [2.24, 2.45) is 0 Å². The number of anilines is 3. The lowest BCUT2D eigenvalue weighted by atomic mass is 9.79. The van der Waals surface area contributed by atoms with Gasteiger partial charge in [-0.2, -0.15) is 0 Å². The molecule has 9 aromatic rings. The fraction of sp³-hybridized carbons (Fsp3) is 0.103. The van der Waals surface area contributed by atoms with Crippen LogP contribution in [-0.4, -0.2) is 0 Å². The lowest BCUT2D eigenvalue weighted by Gasteiger charge is -2.29. The van der Waals surface area contributed by atoms with Crippen LogP contribution in [-0.2, 0) is 10.8 Å². The van der Waals surface area contributed by atoms with E-state index in [9.17, 15) is 0 Å². The molecule has 0 N–H and O–H groups in total. The lowest BCUT2D eigenvalue weighted by Crippen LogP contribution is -2.16. The van der Waals surface area contributed by atoms with Crippen LogP contribution in [0.5, 0.6) is 0 Å². The first-order chi connectivity index (χ1) is 28.8. The fourth-order valence-electron chi connectivity index (χ4n) is 10.3. The number of hydrogen-bond donors (Lipinski definition) is 0. The minimum absolute atomic E-state index is 0.0848. The second kappa shape index (κ2) is 13.3. The zero-order chi connectivity index (χ0) is 39.9. The van der Waals surface area contributed by atoms with Crippen molar-refractivity contribution in [1.82, 2.24) is 0 Å². The molecule has 0 radical (unpaired) electrons. The monoisotopic (exact) mass is 755 g/mol. The predicted molar refractivity (Wildman–Crippen MR) is 250 cm³/mol. The van der Waals surface area contributed by atoms with Crippen molar-refractivity contribution < 1.29 is 0 Å². The highest BCUT2D eigenvalue weighted by atomic mass is 15.1. The van der Waals surface area contributed by atoms with E-state index in [0.29, 0.717) is 0 Å². The summed E-state index contributed by atoms with van der Waals surface area (Å²) in [6.45, 7) is 9.46.